The van der Waals surface area contributed by atoms with Crippen molar-refractivity contribution in [3.63, 3.8) is 0 Å². The van der Waals surface area contributed by atoms with E-state index in [0.29, 0.717) is 17.9 Å². The Morgan fingerprint density at radius 3 is 2.39 bits per heavy atom. The predicted molar refractivity (Wildman–Crippen MR) is 70.1 cm³/mol. The zero-order chi connectivity index (χ0) is 13.2. The number of aromatic hydroxyl groups is 2. The first kappa shape index (κ1) is 16.5. The number of halogens is 1. The van der Waals surface area contributed by atoms with Crippen molar-refractivity contribution >= 4 is 18.1 Å². The van der Waals surface area contributed by atoms with Crippen LogP contribution in [0, 0.1) is 16.0 Å². The number of nitrogens with two attached hydrogens (primary N) is 1. The first-order valence-electron chi connectivity index (χ1n) is 5.28. The van der Waals surface area contributed by atoms with Crippen LogP contribution in [0.5, 0.6) is 11.5 Å². The molecule has 0 saturated carbocycles. The topological polar surface area (TPSA) is 110 Å². The summed E-state index contributed by atoms with van der Waals surface area (Å²) in [5, 5.41) is 29.4. The van der Waals surface area contributed by atoms with Crippen LogP contribution < -0.4 is 5.73 Å². The minimum atomic E-state index is -0.749. The predicted octanol–water partition coefficient (Wildman–Crippen LogP) is 2.47. The smallest absolute Gasteiger partial charge is 0.314 e. The molecule has 0 fully saturated rings. The molecular formula is C11H17ClN2O4. The summed E-state index contributed by atoms with van der Waals surface area (Å²) in [6.45, 7) is 3.96. The molecule has 18 heavy (non-hydrogen) atoms. The minimum absolute atomic E-state index is 0. The molecule has 6 nitrogen and oxygen atoms in total. The first-order valence-corrected chi connectivity index (χ1v) is 5.28. The van der Waals surface area contributed by atoms with E-state index in [-0.39, 0.29) is 12.4 Å². The highest BCUT2D eigenvalue weighted by molar-refractivity contribution is 5.85. The molecule has 0 heterocycles. The standard InChI is InChI=1S/C11H16N2O4.ClH/c1-6(2)3-8(12)7-4-9(13(16)17)11(15)10(14)5-7;/h4-6,8,14-15H,3,12H2,1-2H3;1H/t8-;/m1./s1. The Morgan fingerprint density at radius 1 is 1.39 bits per heavy atom. The van der Waals surface area contributed by atoms with Gasteiger partial charge in [-0.25, -0.2) is 0 Å². The number of phenolic OH excluding ortho intramolecular Hbond substituents is 2. The molecule has 0 aromatic heterocycles. The van der Waals surface area contributed by atoms with Gasteiger partial charge in [0.05, 0.1) is 4.92 Å². The number of nitro benzene ring substituents is 1. The lowest BCUT2D eigenvalue weighted by molar-refractivity contribution is -0.386. The second-order valence-corrected chi connectivity index (χ2v) is 4.40. The molecule has 1 aromatic rings. The van der Waals surface area contributed by atoms with Gasteiger partial charge in [-0.1, -0.05) is 13.8 Å². The van der Waals surface area contributed by atoms with Gasteiger partial charge in [0, 0.05) is 12.1 Å². The van der Waals surface area contributed by atoms with Crippen LogP contribution in [0.15, 0.2) is 12.1 Å². The summed E-state index contributed by atoms with van der Waals surface area (Å²) in [6, 6.07) is 2.05. The molecular weight excluding hydrogens is 260 g/mol. The fourth-order valence-electron chi connectivity index (χ4n) is 1.62. The number of nitro groups is 1. The highest BCUT2D eigenvalue weighted by Gasteiger charge is 2.21. The number of hydrogen-bond donors (Lipinski definition) is 3. The summed E-state index contributed by atoms with van der Waals surface area (Å²) in [5.41, 5.74) is 5.79. The van der Waals surface area contributed by atoms with Crippen molar-refractivity contribution < 1.29 is 15.1 Å². The number of phenols is 2. The highest BCUT2D eigenvalue weighted by atomic mass is 35.5. The third-order valence-corrected chi connectivity index (χ3v) is 2.44. The summed E-state index contributed by atoms with van der Waals surface area (Å²) in [5.74, 6) is -0.913. The van der Waals surface area contributed by atoms with Crippen molar-refractivity contribution in [2.75, 3.05) is 0 Å². The lowest BCUT2D eigenvalue weighted by Gasteiger charge is -2.14. The van der Waals surface area contributed by atoms with Gasteiger partial charge >= 0.3 is 5.69 Å². The van der Waals surface area contributed by atoms with E-state index in [1.807, 2.05) is 13.8 Å². The molecule has 1 rings (SSSR count). The van der Waals surface area contributed by atoms with Gasteiger partial charge in [0.25, 0.3) is 0 Å². The summed E-state index contributed by atoms with van der Waals surface area (Å²) in [6.07, 6.45) is 0.640. The molecule has 0 aliphatic rings. The zero-order valence-electron chi connectivity index (χ0n) is 10.2. The Balaban J connectivity index is 0.00000289. The molecule has 0 aliphatic heterocycles. The Bertz CT molecular complexity index is 437. The summed E-state index contributed by atoms with van der Waals surface area (Å²) in [7, 11) is 0. The van der Waals surface area contributed by atoms with Gasteiger partial charge in [-0.3, -0.25) is 10.1 Å². The van der Waals surface area contributed by atoms with Crippen molar-refractivity contribution in [1.82, 2.24) is 0 Å². The van der Waals surface area contributed by atoms with E-state index in [4.69, 9.17) is 5.73 Å². The summed E-state index contributed by atoms with van der Waals surface area (Å²) in [4.78, 5) is 9.92. The molecule has 7 heteroatoms. The van der Waals surface area contributed by atoms with Gasteiger partial charge in [-0.05, 0) is 24.0 Å². The molecule has 0 saturated heterocycles. The van der Waals surface area contributed by atoms with Crippen molar-refractivity contribution in [3.8, 4) is 11.5 Å². The second-order valence-electron chi connectivity index (χ2n) is 4.40. The SMILES string of the molecule is CC(C)C[C@@H](N)c1cc(O)c(O)c([N+](=O)[O-])c1.Cl. The maximum Gasteiger partial charge on any atom is 0.314 e. The fourth-order valence-corrected chi connectivity index (χ4v) is 1.62. The second kappa shape index (κ2) is 6.42. The van der Waals surface area contributed by atoms with E-state index in [1.165, 1.54) is 12.1 Å². The quantitative estimate of drug-likeness (QED) is 0.444. The van der Waals surface area contributed by atoms with Crippen LogP contribution in [0.2, 0.25) is 0 Å². The van der Waals surface area contributed by atoms with Gasteiger partial charge in [0.15, 0.2) is 5.75 Å². The fraction of sp³-hybridized carbons (Fsp3) is 0.455. The van der Waals surface area contributed by atoms with E-state index >= 15 is 0 Å². The largest absolute Gasteiger partial charge is 0.504 e. The zero-order valence-corrected chi connectivity index (χ0v) is 11.0. The minimum Gasteiger partial charge on any atom is -0.504 e. The van der Waals surface area contributed by atoms with Crippen LogP contribution in [0.1, 0.15) is 31.9 Å². The molecule has 0 bridgehead atoms. The molecule has 4 N–H and O–H groups in total. The molecule has 0 amide bonds. The number of nitrogens with zero attached hydrogens (tertiary/aromatic N) is 1. The lowest BCUT2D eigenvalue weighted by Crippen LogP contribution is -2.13. The van der Waals surface area contributed by atoms with Gasteiger partial charge in [0.1, 0.15) is 0 Å². The molecule has 0 spiro atoms. The summed E-state index contributed by atoms with van der Waals surface area (Å²) < 4.78 is 0. The van der Waals surface area contributed by atoms with E-state index in [1.54, 1.807) is 0 Å². The van der Waals surface area contributed by atoms with Crippen LogP contribution >= 0.6 is 12.4 Å². The molecule has 1 atom stereocenters. The first-order chi connectivity index (χ1) is 7.82. The average molecular weight is 277 g/mol. The van der Waals surface area contributed by atoms with Crippen molar-refractivity contribution in [2.24, 2.45) is 11.7 Å². The maximum absolute atomic E-state index is 10.7. The molecule has 1 aromatic carbocycles. The van der Waals surface area contributed by atoms with Crippen molar-refractivity contribution in [1.29, 1.82) is 0 Å². The Hall–Kier alpha value is -1.53. The third-order valence-electron chi connectivity index (χ3n) is 2.44. The summed E-state index contributed by atoms with van der Waals surface area (Å²) >= 11 is 0. The van der Waals surface area contributed by atoms with E-state index in [0.717, 1.165) is 0 Å². The van der Waals surface area contributed by atoms with Crippen molar-refractivity contribution in [2.45, 2.75) is 26.3 Å². The number of benzene rings is 1. The number of rotatable bonds is 4. The van der Waals surface area contributed by atoms with Gasteiger partial charge in [-0.2, -0.15) is 0 Å². The lowest BCUT2D eigenvalue weighted by atomic mass is 9.97. The monoisotopic (exact) mass is 276 g/mol. The maximum atomic E-state index is 10.7. The Kier molecular flexibility index (Phi) is 5.87. The third kappa shape index (κ3) is 3.75. The van der Waals surface area contributed by atoms with E-state index in [9.17, 15) is 20.3 Å². The van der Waals surface area contributed by atoms with Crippen LogP contribution in [-0.2, 0) is 0 Å². The van der Waals surface area contributed by atoms with Crippen LogP contribution in [0.3, 0.4) is 0 Å². The average Bonchev–Trinajstić information content (AvgIpc) is 2.20. The Morgan fingerprint density at radius 2 is 1.94 bits per heavy atom. The highest BCUT2D eigenvalue weighted by Crippen LogP contribution is 2.38. The van der Waals surface area contributed by atoms with E-state index in [2.05, 4.69) is 0 Å². The van der Waals surface area contributed by atoms with Crippen LogP contribution in [0.25, 0.3) is 0 Å². The van der Waals surface area contributed by atoms with Gasteiger partial charge < -0.3 is 15.9 Å². The normalized spacial score (nSPS) is 12.0. The van der Waals surface area contributed by atoms with Crippen LogP contribution in [0.4, 0.5) is 5.69 Å². The number of hydrogen-bond acceptors (Lipinski definition) is 5. The van der Waals surface area contributed by atoms with Gasteiger partial charge in [0.2, 0.25) is 5.75 Å². The molecule has 0 radical (unpaired) electrons. The molecule has 0 unspecified atom stereocenters. The molecule has 0 aliphatic carbocycles. The molecule has 102 valence electrons. The van der Waals surface area contributed by atoms with Gasteiger partial charge in [-0.15, -0.1) is 12.4 Å². The van der Waals surface area contributed by atoms with Crippen LogP contribution in [-0.4, -0.2) is 15.1 Å². The Labute approximate surface area is 111 Å². The van der Waals surface area contributed by atoms with E-state index < -0.39 is 28.2 Å². The van der Waals surface area contributed by atoms with Crippen molar-refractivity contribution in [3.05, 3.63) is 27.8 Å².